The molecule has 0 saturated carbocycles. The van der Waals surface area contributed by atoms with Crippen LogP contribution in [0.2, 0.25) is 0 Å². The van der Waals surface area contributed by atoms with Crippen LogP contribution in [0.3, 0.4) is 0 Å². The number of pyridine rings is 1. The first-order chi connectivity index (χ1) is 13.1. The Morgan fingerprint density at radius 2 is 1.96 bits per heavy atom. The minimum absolute atomic E-state index is 0.0520. The number of benzene rings is 2. The van der Waals surface area contributed by atoms with Crippen molar-refractivity contribution in [3.63, 3.8) is 0 Å². The summed E-state index contributed by atoms with van der Waals surface area (Å²) in [6.45, 7) is 4.48. The molecule has 138 valence electrons. The van der Waals surface area contributed by atoms with Gasteiger partial charge in [-0.1, -0.05) is 62.7 Å². The van der Waals surface area contributed by atoms with Gasteiger partial charge >= 0.3 is 0 Å². The predicted molar refractivity (Wildman–Crippen MR) is 111 cm³/mol. The van der Waals surface area contributed by atoms with Crippen LogP contribution in [0, 0.1) is 5.92 Å². The van der Waals surface area contributed by atoms with Gasteiger partial charge in [0.25, 0.3) is 0 Å². The molecule has 0 aliphatic heterocycles. The summed E-state index contributed by atoms with van der Waals surface area (Å²) in [7, 11) is 0. The molecule has 0 aliphatic carbocycles. The fraction of sp³-hybridized carbons (Fsp3) is 0.227. The number of guanidine groups is 1. The monoisotopic (exact) mass is 360 g/mol. The Morgan fingerprint density at radius 3 is 2.67 bits per heavy atom. The lowest BCUT2D eigenvalue weighted by atomic mass is 9.97. The first-order valence-corrected chi connectivity index (χ1v) is 9.14. The number of hydrogen-bond donors (Lipinski definition) is 2. The minimum Gasteiger partial charge on any atom is -0.369 e. The van der Waals surface area contributed by atoms with Gasteiger partial charge in [0.2, 0.25) is 6.41 Å². The molecular formula is C22H24N4O. The van der Waals surface area contributed by atoms with Crippen molar-refractivity contribution in [2.24, 2.45) is 16.6 Å². The SMILES string of the molecule is CCC(C)Cc1ccc(-c2cc(N=C(N)NC=O)c3ccccc3n2)cc1. The summed E-state index contributed by atoms with van der Waals surface area (Å²) in [4.78, 5) is 19.7. The van der Waals surface area contributed by atoms with Gasteiger partial charge in [0.15, 0.2) is 5.96 Å². The van der Waals surface area contributed by atoms with Gasteiger partial charge in [0, 0.05) is 10.9 Å². The largest absolute Gasteiger partial charge is 0.369 e. The maximum atomic E-state index is 10.6. The van der Waals surface area contributed by atoms with Crippen LogP contribution < -0.4 is 11.1 Å². The standard InChI is InChI=1S/C22H24N4O/c1-3-15(2)12-16-8-10-17(11-9-16)20-13-21(26-22(23)24-14-27)18-6-4-5-7-19(18)25-20/h4-11,13-15H,3,12H2,1-2H3,(H3,23,24,25,26,27). The highest BCUT2D eigenvalue weighted by molar-refractivity contribution is 5.97. The van der Waals surface area contributed by atoms with Gasteiger partial charge in [-0.05, 0) is 30.0 Å². The van der Waals surface area contributed by atoms with Crippen LogP contribution >= 0.6 is 0 Å². The molecule has 3 N–H and O–H groups in total. The third-order valence-electron chi connectivity index (χ3n) is 4.67. The predicted octanol–water partition coefficient (Wildman–Crippen LogP) is 4.18. The molecule has 0 fully saturated rings. The molecular weight excluding hydrogens is 336 g/mol. The zero-order valence-electron chi connectivity index (χ0n) is 15.6. The molecule has 0 saturated heterocycles. The summed E-state index contributed by atoms with van der Waals surface area (Å²) >= 11 is 0. The van der Waals surface area contributed by atoms with E-state index in [0.29, 0.717) is 18.0 Å². The van der Waals surface area contributed by atoms with Gasteiger partial charge in [0.1, 0.15) is 0 Å². The topological polar surface area (TPSA) is 80.4 Å². The highest BCUT2D eigenvalue weighted by Gasteiger charge is 2.08. The van der Waals surface area contributed by atoms with Crippen molar-refractivity contribution in [1.29, 1.82) is 0 Å². The lowest BCUT2D eigenvalue weighted by molar-refractivity contribution is -0.108. The van der Waals surface area contributed by atoms with Crippen LogP contribution in [0.25, 0.3) is 22.2 Å². The Bertz CT molecular complexity index is 964. The Labute approximate surface area is 159 Å². The van der Waals surface area contributed by atoms with E-state index in [2.05, 4.69) is 48.4 Å². The first kappa shape index (κ1) is 18.6. The second-order valence-corrected chi connectivity index (χ2v) is 6.72. The fourth-order valence-corrected chi connectivity index (χ4v) is 2.98. The Kier molecular flexibility index (Phi) is 5.81. The van der Waals surface area contributed by atoms with Gasteiger partial charge in [-0.3, -0.25) is 10.1 Å². The second-order valence-electron chi connectivity index (χ2n) is 6.72. The van der Waals surface area contributed by atoms with E-state index in [9.17, 15) is 4.79 Å². The lowest BCUT2D eigenvalue weighted by Crippen LogP contribution is -2.29. The molecule has 3 aromatic rings. The smallest absolute Gasteiger partial charge is 0.213 e. The summed E-state index contributed by atoms with van der Waals surface area (Å²) in [6.07, 6.45) is 2.76. The van der Waals surface area contributed by atoms with Gasteiger partial charge in [-0.15, -0.1) is 0 Å². The molecule has 1 atom stereocenters. The molecule has 3 rings (SSSR count). The molecule has 0 spiro atoms. The number of amides is 1. The molecule has 0 aliphatic rings. The lowest BCUT2D eigenvalue weighted by Gasteiger charge is -2.10. The summed E-state index contributed by atoms with van der Waals surface area (Å²) < 4.78 is 0. The molecule has 1 aromatic heterocycles. The number of nitrogens with two attached hydrogens (primary N) is 1. The van der Waals surface area contributed by atoms with Gasteiger partial charge < -0.3 is 5.73 Å². The highest BCUT2D eigenvalue weighted by atomic mass is 16.1. The van der Waals surface area contributed by atoms with Crippen LogP contribution in [0.5, 0.6) is 0 Å². The molecule has 2 aromatic carbocycles. The second kappa shape index (κ2) is 8.45. The Morgan fingerprint density at radius 1 is 1.22 bits per heavy atom. The van der Waals surface area contributed by atoms with E-state index in [-0.39, 0.29) is 5.96 Å². The number of fused-ring (bicyclic) bond motifs is 1. The van der Waals surface area contributed by atoms with Gasteiger partial charge in [0.05, 0.1) is 16.9 Å². The van der Waals surface area contributed by atoms with Crippen molar-refractivity contribution in [1.82, 2.24) is 10.3 Å². The summed E-state index contributed by atoms with van der Waals surface area (Å²) in [5.74, 6) is 0.722. The van der Waals surface area contributed by atoms with Crippen LogP contribution in [0.1, 0.15) is 25.8 Å². The fourth-order valence-electron chi connectivity index (χ4n) is 2.98. The van der Waals surface area contributed by atoms with E-state index >= 15 is 0 Å². The van der Waals surface area contributed by atoms with Crippen molar-refractivity contribution >= 4 is 29.0 Å². The maximum absolute atomic E-state index is 10.6. The number of hydrogen-bond acceptors (Lipinski definition) is 3. The van der Waals surface area contributed by atoms with Crippen molar-refractivity contribution in [2.45, 2.75) is 26.7 Å². The van der Waals surface area contributed by atoms with E-state index in [0.717, 1.165) is 28.6 Å². The van der Waals surface area contributed by atoms with Crippen LogP contribution in [0.15, 0.2) is 59.6 Å². The molecule has 5 heteroatoms. The zero-order chi connectivity index (χ0) is 19.2. The number of rotatable bonds is 6. The van der Waals surface area contributed by atoms with E-state index in [1.165, 1.54) is 12.0 Å². The minimum atomic E-state index is 0.0520. The number of aliphatic imine (C=N–C) groups is 1. The average Bonchev–Trinajstić information content (AvgIpc) is 2.68. The average molecular weight is 360 g/mol. The normalized spacial score (nSPS) is 12.7. The molecule has 1 amide bonds. The van der Waals surface area contributed by atoms with Crippen molar-refractivity contribution in [3.05, 3.63) is 60.2 Å². The van der Waals surface area contributed by atoms with E-state index < -0.39 is 0 Å². The Hall–Kier alpha value is -3.21. The summed E-state index contributed by atoms with van der Waals surface area (Å²) in [6, 6.07) is 18.1. The van der Waals surface area contributed by atoms with Crippen LogP contribution in [-0.2, 0) is 11.2 Å². The quantitative estimate of drug-likeness (QED) is 0.393. The number of carbonyl (C=O) groups excluding carboxylic acids is 1. The number of carbonyl (C=O) groups is 1. The molecule has 0 radical (unpaired) electrons. The molecule has 5 nitrogen and oxygen atoms in total. The summed E-state index contributed by atoms with van der Waals surface area (Å²) in [5, 5.41) is 3.26. The Balaban J connectivity index is 2.02. The molecule has 1 heterocycles. The van der Waals surface area contributed by atoms with Crippen LogP contribution in [0.4, 0.5) is 5.69 Å². The van der Waals surface area contributed by atoms with Gasteiger partial charge in [-0.2, -0.15) is 0 Å². The van der Waals surface area contributed by atoms with E-state index in [1.54, 1.807) is 0 Å². The number of aromatic nitrogens is 1. The highest BCUT2D eigenvalue weighted by Crippen LogP contribution is 2.30. The van der Waals surface area contributed by atoms with Crippen molar-refractivity contribution in [3.8, 4) is 11.3 Å². The molecule has 1 unspecified atom stereocenters. The molecule has 0 bridgehead atoms. The number of para-hydroxylation sites is 1. The third kappa shape index (κ3) is 4.50. The summed E-state index contributed by atoms with van der Waals surface area (Å²) in [5.41, 5.74) is 10.4. The maximum Gasteiger partial charge on any atom is 0.213 e. The number of nitrogens with one attached hydrogen (secondary N) is 1. The van der Waals surface area contributed by atoms with E-state index in [4.69, 9.17) is 10.7 Å². The zero-order valence-corrected chi connectivity index (χ0v) is 15.6. The molecule has 27 heavy (non-hydrogen) atoms. The van der Waals surface area contributed by atoms with Crippen LogP contribution in [-0.4, -0.2) is 17.4 Å². The first-order valence-electron chi connectivity index (χ1n) is 9.14. The third-order valence-corrected chi connectivity index (χ3v) is 4.67. The van der Waals surface area contributed by atoms with Gasteiger partial charge in [-0.25, -0.2) is 9.98 Å². The van der Waals surface area contributed by atoms with Crippen molar-refractivity contribution < 1.29 is 4.79 Å². The van der Waals surface area contributed by atoms with Crippen molar-refractivity contribution in [2.75, 3.05) is 0 Å². The van der Waals surface area contributed by atoms with E-state index in [1.807, 2.05) is 30.3 Å². The number of nitrogens with zero attached hydrogens (tertiary/aromatic N) is 2.